The van der Waals surface area contributed by atoms with Crippen LogP contribution < -0.4 is 5.32 Å². The van der Waals surface area contributed by atoms with Crippen LogP contribution in [0.15, 0.2) is 52.8 Å². The van der Waals surface area contributed by atoms with Crippen molar-refractivity contribution in [1.82, 2.24) is 4.98 Å². The molecule has 0 unspecified atom stereocenters. The molecule has 112 valence electrons. The molecule has 1 N–H and O–H groups in total. The SMILES string of the molecule is FC1(F)CCC2=C(C1)C(Nc1ccc3cnccc3c1)=NC2. The molecule has 0 spiro atoms. The van der Waals surface area contributed by atoms with E-state index in [4.69, 9.17) is 0 Å². The number of alkyl halides is 2. The second-order valence-electron chi connectivity index (χ2n) is 5.84. The number of anilines is 1. The predicted molar refractivity (Wildman–Crippen MR) is 83.5 cm³/mol. The Hall–Kier alpha value is -2.30. The number of pyridine rings is 1. The monoisotopic (exact) mass is 299 g/mol. The number of hydrogen-bond acceptors (Lipinski definition) is 3. The van der Waals surface area contributed by atoms with E-state index in [2.05, 4.69) is 15.3 Å². The summed E-state index contributed by atoms with van der Waals surface area (Å²) in [5.74, 6) is -2.01. The maximum Gasteiger partial charge on any atom is 0.252 e. The number of benzene rings is 1. The van der Waals surface area contributed by atoms with E-state index >= 15 is 0 Å². The van der Waals surface area contributed by atoms with Gasteiger partial charge in [-0.25, -0.2) is 8.78 Å². The summed E-state index contributed by atoms with van der Waals surface area (Å²) in [7, 11) is 0. The van der Waals surface area contributed by atoms with Crippen molar-refractivity contribution < 1.29 is 8.78 Å². The molecule has 0 amide bonds. The molecular formula is C17H15F2N3. The van der Waals surface area contributed by atoms with E-state index in [9.17, 15) is 8.78 Å². The average Bonchev–Trinajstić information content (AvgIpc) is 2.88. The molecule has 0 fully saturated rings. The second-order valence-corrected chi connectivity index (χ2v) is 5.84. The Morgan fingerprint density at radius 2 is 2.05 bits per heavy atom. The lowest BCUT2D eigenvalue weighted by atomic mass is 9.90. The molecule has 1 aliphatic carbocycles. The van der Waals surface area contributed by atoms with E-state index in [0.29, 0.717) is 24.4 Å². The van der Waals surface area contributed by atoms with E-state index in [1.54, 1.807) is 12.4 Å². The van der Waals surface area contributed by atoms with Crippen molar-refractivity contribution in [1.29, 1.82) is 0 Å². The van der Waals surface area contributed by atoms with Crippen LogP contribution in [0.3, 0.4) is 0 Å². The van der Waals surface area contributed by atoms with E-state index < -0.39 is 5.92 Å². The highest BCUT2D eigenvalue weighted by Crippen LogP contribution is 2.39. The van der Waals surface area contributed by atoms with Crippen LogP contribution in [0.1, 0.15) is 19.3 Å². The minimum atomic E-state index is -2.61. The van der Waals surface area contributed by atoms with Crippen molar-refractivity contribution >= 4 is 22.3 Å². The van der Waals surface area contributed by atoms with Crippen LogP contribution in [0, 0.1) is 0 Å². The number of nitrogens with one attached hydrogen (secondary N) is 1. The highest BCUT2D eigenvalue weighted by molar-refractivity contribution is 6.10. The molecule has 3 nitrogen and oxygen atoms in total. The fourth-order valence-electron chi connectivity index (χ4n) is 3.07. The first-order chi connectivity index (χ1) is 10.6. The first-order valence-corrected chi connectivity index (χ1v) is 7.35. The molecule has 0 atom stereocenters. The number of fused-ring (bicyclic) bond motifs is 1. The fraction of sp³-hybridized carbons (Fsp3) is 0.294. The Labute approximate surface area is 126 Å². The zero-order valence-corrected chi connectivity index (χ0v) is 11.9. The van der Waals surface area contributed by atoms with Gasteiger partial charge in [0.25, 0.3) is 5.92 Å². The van der Waals surface area contributed by atoms with Crippen LogP contribution in [0.2, 0.25) is 0 Å². The van der Waals surface area contributed by atoms with Crippen LogP contribution >= 0.6 is 0 Å². The van der Waals surface area contributed by atoms with E-state index in [0.717, 1.165) is 22.0 Å². The lowest BCUT2D eigenvalue weighted by Gasteiger charge is -2.24. The number of rotatable bonds is 1. The van der Waals surface area contributed by atoms with Gasteiger partial charge in [0.1, 0.15) is 5.84 Å². The summed E-state index contributed by atoms with van der Waals surface area (Å²) in [6, 6.07) is 7.80. The molecule has 22 heavy (non-hydrogen) atoms. The Morgan fingerprint density at radius 1 is 1.14 bits per heavy atom. The molecule has 2 heterocycles. The summed E-state index contributed by atoms with van der Waals surface area (Å²) in [5, 5.41) is 5.31. The quantitative estimate of drug-likeness (QED) is 0.858. The molecule has 4 rings (SSSR count). The lowest BCUT2D eigenvalue weighted by molar-refractivity contribution is -0.0102. The molecule has 2 aromatic rings. The second kappa shape index (κ2) is 4.87. The molecule has 1 aromatic carbocycles. The Kier molecular flexibility index (Phi) is 2.96. The van der Waals surface area contributed by atoms with Crippen LogP contribution in [0.4, 0.5) is 14.5 Å². The van der Waals surface area contributed by atoms with Crippen molar-refractivity contribution in [3.63, 3.8) is 0 Å². The van der Waals surface area contributed by atoms with Gasteiger partial charge in [0, 0.05) is 41.9 Å². The van der Waals surface area contributed by atoms with Crippen molar-refractivity contribution in [2.75, 3.05) is 11.9 Å². The summed E-state index contributed by atoms with van der Waals surface area (Å²) in [4.78, 5) is 8.49. The summed E-state index contributed by atoms with van der Waals surface area (Å²) < 4.78 is 27.3. The average molecular weight is 299 g/mol. The van der Waals surface area contributed by atoms with Gasteiger partial charge < -0.3 is 5.32 Å². The summed E-state index contributed by atoms with van der Waals surface area (Å²) >= 11 is 0. The number of aliphatic imine (C=N–C) groups is 1. The minimum absolute atomic E-state index is 0.0579. The van der Waals surface area contributed by atoms with Gasteiger partial charge in [0.2, 0.25) is 0 Å². The van der Waals surface area contributed by atoms with Crippen molar-refractivity contribution in [3.8, 4) is 0 Å². The number of halogens is 2. The van der Waals surface area contributed by atoms with Gasteiger partial charge in [-0.2, -0.15) is 0 Å². The molecule has 0 saturated heterocycles. The largest absolute Gasteiger partial charge is 0.340 e. The van der Waals surface area contributed by atoms with Crippen molar-refractivity contribution in [2.45, 2.75) is 25.2 Å². The van der Waals surface area contributed by atoms with Crippen LogP contribution in [-0.4, -0.2) is 23.3 Å². The highest BCUT2D eigenvalue weighted by atomic mass is 19.3. The number of nitrogens with zero attached hydrogens (tertiary/aromatic N) is 2. The fourth-order valence-corrected chi connectivity index (χ4v) is 3.07. The lowest BCUT2D eigenvalue weighted by Crippen LogP contribution is -2.26. The maximum absolute atomic E-state index is 13.6. The smallest absolute Gasteiger partial charge is 0.252 e. The van der Waals surface area contributed by atoms with Crippen LogP contribution in [0.25, 0.3) is 10.8 Å². The van der Waals surface area contributed by atoms with Gasteiger partial charge in [-0.3, -0.25) is 9.98 Å². The molecule has 0 saturated carbocycles. The van der Waals surface area contributed by atoms with Gasteiger partial charge in [-0.1, -0.05) is 6.07 Å². The predicted octanol–water partition coefficient (Wildman–Crippen LogP) is 4.17. The van der Waals surface area contributed by atoms with Gasteiger partial charge in [-0.15, -0.1) is 0 Å². The van der Waals surface area contributed by atoms with Gasteiger partial charge in [0.15, 0.2) is 0 Å². The first kappa shape index (κ1) is 13.4. The van der Waals surface area contributed by atoms with Gasteiger partial charge in [-0.05, 0) is 35.6 Å². The number of hydrogen-bond donors (Lipinski definition) is 1. The normalized spacial score (nSPS) is 20.0. The minimum Gasteiger partial charge on any atom is -0.340 e. The molecule has 5 heteroatoms. The number of amidine groups is 1. The Morgan fingerprint density at radius 3 is 2.95 bits per heavy atom. The standard InChI is InChI=1S/C17H15F2N3/c18-17(19)5-3-13-10-21-16(15(13)8-17)22-14-2-1-12-9-20-6-4-11(12)7-14/h1-2,4,6-7,9H,3,5,8,10H2,(H,21,22). The molecule has 0 bridgehead atoms. The molecule has 1 aliphatic heterocycles. The molecular weight excluding hydrogens is 284 g/mol. The molecule has 0 radical (unpaired) electrons. The molecule has 1 aromatic heterocycles. The number of aromatic nitrogens is 1. The van der Waals surface area contributed by atoms with Crippen molar-refractivity contribution in [3.05, 3.63) is 47.8 Å². The third kappa shape index (κ3) is 2.36. The first-order valence-electron chi connectivity index (χ1n) is 7.35. The Bertz CT molecular complexity index is 808. The zero-order chi connectivity index (χ0) is 15.2. The summed E-state index contributed by atoms with van der Waals surface area (Å²) in [5.41, 5.74) is 2.62. The van der Waals surface area contributed by atoms with E-state index in [1.807, 2.05) is 24.3 Å². The third-order valence-electron chi connectivity index (χ3n) is 4.27. The van der Waals surface area contributed by atoms with Crippen LogP contribution in [-0.2, 0) is 0 Å². The highest BCUT2D eigenvalue weighted by Gasteiger charge is 2.38. The summed E-state index contributed by atoms with van der Waals surface area (Å²) in [6.07, 6.45) is 3.72. The summed E-state index contributed by atoms with van der Waals surface area (Å²) in [6.45, 7) is 0.547. The van der Waals surface area contributed by atoms with Crippen molar-refractivity contribution in [2.24, 2.45) is 4.99 Å². The topological polar surface area (TPSA) is 37.3 Å². The van der Waals surface area contributed by atoms with Crippen LogP contribution in [0.5, 0.6) is 0 Å². The Balaban J connectivity index is 1.61. The third-order valence-corrected chi connectivity index (χ3v) is 4.27. The maximum atomic E-state index is 13.6. The van der Waals surface area contributed by atoms with E-state index in [-0.39, 0.29) is 12.8 Å². The van der Waals surface area contributed by atoms with E-state index in [1.165, 1.54) is 0 Å². The zero-order valence-electron chi connectivity index (χ0n) is 11.9. The molecule has 2 aliphatic rings. The van der Waals surface area contributed by atoms with Gasteiger partial charge >= 0.3 is 0 Å². The van der Waals surface area contributed by atoms with Gasteiger partial charge in [0.05, 0.1) is 6.54 Å².